The Bertz CT molecular complexity index is 1150. The number of carbonyl (C=O) groups excluding carboxylic acids is 2. The summed E-state index contributed by atoms with van der Waals surface area (Å²) in [6, 6.07) is 9.19. The molecule has 0 radical (unpaired) electrons. The first-order valence-corrected chi connectivity index (χ1v) is 13.1. The van der Waals surface area contributed by atoms with Crippen LogP contribution in [0.3, 0.4) is 0 Å². The Balaban J connectivity index is 1.54. The molecule has 2 aromatic rings. The van der Waals surface area contributed by atoms with Gasteiger partial charge in [0.05, 0.1) is 11.2 Å². The van der Waals surface area contributed by atoms with Crippen molar-refractivity contribution in [3.05, 3.63) is 52.6 Å². The second-order valence-electron chi connectivity index (χ2n) is 10.9. The molecular weight excluding hydrogens is 484 g/mol. The topological polar surface area (TPSA) is 143 Å². The van der Waals surface area contributed by atoms with Gasteiger partial charge in [-0.05, 0) is 70.5 Å². The largest absolute Gasteiger partial charge is 0.354 e. The van der Waals surface area contributed by atoms with Crippen molar-refractivity contribution in [1.82, 2.24) is 24.3 Å². The van der Waals surface area contributed by atoms with Crippen LogP contribution < -0.4 is 22.5 Å². The van der Waals surface area contributed by atoms with Gasteiger partial charge in [-0.3, -0.25) is 14.7 Å². The first kappa shape index (κ1) is 29.3. The Morgan fingerprint density at radius 2 is 1.68 bits per heavy atom. The fourth-order valence-corrected chi connectivity index (χ4v) is 4.22. The smallest absolute Gasteiger partial charge is 0.338 e. The third-order valence-electron chi connectivity index (χ3n) is 6.97. The van der Waals surface area contributed by atoms with Crippen LogP contribution in [0.15, 0.2) is 41.3 Å². The summed E-state index contributed by atoms with van der Waals surface area (Å²) in [6.07, 6.45) is 2.64. The molecule has 0 aliphatic carbocycles. The Morgan fingerprint density at radius 1 is 1.08 bits per heavy atom. The van der Waals surface area contributed by atoms with Gasteiger partial charge in [-0.15, -0.1) is 0 Å². The van der Waals surface area contributed by atoms with Gasteiger partial charge in [0, 0.05) is 45.0 Å². The normalized spacial score (nSPS) is 15.9. The molecule has 2 unspecified atom stereocenters. The summed E-state index contributed by atoms with van der Waals surface area (Å²) < 4.78 is 1.44. The van der Waals surface area contributed by atoms with Crippen molar-refractivity contribution >= 4 is 17.8 Å². The number of urea groups is 1. The maximum atomic E-state index is 12.7. The van der Waals surface area contributed by atoms with E-state index < -0.39 is 11.2 Å². The molecule has 1 aliphatic heterocycles. The van der Waals surface area contributed by atoms with E-state index in [1.165, 1.54) is 4.57 Å². The van der Waals surface area contributed by atoms with Crippen LogP contribution in [0.25, 0.3) is 5.69 Å². The summed E-state index contributed by atoms with van der Waals surface area (Å²) in [5, 5.41) is 2.68. The van der Waals surface area contributed by atoms with Gasteiger partial charge < -0.3 is 26.2 Å². The number of nitrogens with zero attached hydrogens (tertiary/aromatic N) is 5. The predicted octanol–water partition coefficient (Wildman–Crippen LogP) is 1.45. The van der Waals surface area contributed by atoms with E-state index in [1.807, 2.05) is 31.2 Å². The first-order valence-electron chi connectivity index (χ1n) is 13.1. The zero-order valence-corrected chi connectivity index (χ0v) is 23.2. The second-order valence-corrected chi connectivity index (χ2v) is 10.9. The van der Waals surface area contributed by atoms with E-state index in [2.05, 4.69) is 29.2 Å². The van der Waals surface area contributed by atoms with Crippen molar-refractivity contribution in [2.45, 2.75) is 52.2 Å². The third-order valence-corrected chi connectivity index (χ3v) is 6.97. The van der Waals surface area contributed by atoms with Crippen molar-refractivity contribution in [2.24, 2.45) is 17.4 Å². The van der Waals surface area contributed by atoms with Gasteiger partial charge in [-0.25, -0.2) is 9.59 Å². The molecule has 3 rings (SSSR count). The maximum Gasteiger partial charge on any atom is 0.354 e. The van der Waals surface area contributed by atoms with Crippen LogP contribution in [0.2, 0.25) is 0 Å². The Labute approximate surface area is 224 Å². The fraction of sp³-hybridized carbons (Fsp3) is 0.556. The number of nitrogens with two attached hydrogens (primary N) is 2. The van der Waals surface area contributed by atoms with Crippen LogP contribution in [-0.4, -0.2) is 87.5 Å². The Kier molecular flexibility index (Phi) is 9.64. The molecule has 208 valence electrons. The van der Waals surface area contributed by atoms with Crippen molar-refractivity contribution in [3.63, 3.8) is 0 Å². The number of piperazine rings is 1. The number of benzene rings is 1. The molecule has 3 amide bonds. The van der Waals surface area contributed by atoms with Gasteiger partial charge >= 0.3 is 11.7 Å². The predicted molar refractivity (Wildman–Crippen MR) is 149 cm³/mol. The summed E-state index contributed by atoms with van der Waals surface area (Å²) in [5.74, 6) is 0.503. The van der Waals surface area contributed by atoms with E-state index in [4.69, 9.17) is 11.5 Å². The minimum absolute atomic E-state index is 0.144. The number of hydrogen-bond acceptors (Lipinski definition) is 7. The molecular formula is C27H42N8O3. The number of aromatic nitrogens is 2. The molecule has 1 saturated heterocycles. The molecule has 1 aromatic carbocycles. The average Bonchev–Trinajstić information content (AvgIpc) is 2.87. The highest BCUT2D eigenvalue weighted by atomic mass is 16.2. The van der Waals surface area contributed by atoms with Crippen molar-refractivity contribution in [3.8, 4) is 5.69 Å². The number of hydrogen-bond donors (Lipinski definition) is 3. The SMILES string of the molecule is CC(N)C(C)CCN(C)Cc1ccc(-n2ccc(NC(=O)N3CCN(C(=O)C(C)(C)N)CC3)nc2=O)cc1. The van der Waals surface area contributed by atoms with E-state index >= 15 is 0 Å². The highest BCUT2D eigenvalue weighted by molar-refractivity contribution is 5.89. The minimum atomic E-state index is -0.947. The molecule has 1 fully saturated rings. The van der Waals surface area contributed by atoms with Gasteiger partial charge in [0.15, 0.2) is 0 Å². The first-order chi connectivity index (χ1) is 17.8. The number of nitrogens with one attached hydrogen (secondary N) is 1. The Hall–Kier alpha value is -3.28. The van der Waals surface area contributed by atoms with Crippen LogP contribution in [-0.2, 0) is 11.3 Å². The highest BCUT2D eigenvalue weighted by Gasteiger charge is 2.31. The minimum Gasteiger partial charge on any atom is -0.338 e. The van der Waals surface area contributed by atoms with Gasteiger partial charge in [0.25, 0.3) is 0 Å². The summed E-state index contributed by atoms with van der Waals surface area (Å²) >= 11 is 0. The van der Waals surface area contributed by atoms with E-state index in [0.29, 0.717) is 37.8 Å². The van der Waals surface area contributed by atoms with Crippen LogP contribution in [0.5, 0.6) is 0 Å². The number of amides is 3. The molecule has 5 N–H and O–H groups in total. The molecule has 38 heavy (non-hydrogen) atoms. The van der Waals surface area contributed by atoms with Gasteiger partial charge in [0.1, 0.15) is 5.82 Å². The van der Waals surface area contributed by atoms with E-state index in [1.54, 1.807) is 35.9 Å². The fourth-order valence-electron chi connectivity index (χ4n) is 4.22. The molecule has 0 saturated carbocycles. The lowest BCUT2D eigenvalue weighted by molar-refractivity contribution is -0.137. The molecule has 0 bridgehead atoms. The van der Waals surface area contributed by atoms with Crippen molar-refractivity contribution < 1.29 is 9.59 Å². The summed E-state index contributed by atoms with van der Waals surface area (Å²) in [5.41, 5.74) is 12.3. The molecule has 11 heteroatoms. The summed E-state index contributed by atoms with van der Waals surface area (Å²) in [6.45, 7) is 10.9. The lowest BCUT2D eigenvalue weighted by Gasteiger charge is -2.37. The third kappa shape index (κ3) is 7.86. The lowest BCUT2D eigenvalue weighted by atomic mass is 10.0. The van der Waals surface area contributed by atoms with Gasteiger partial charge in [-0.1, -0.05) is 19.1 Å². The highest BCUT2D eigenvalue weighted by Crippen LogP contribution is 2.13. The molecule has 1 aromatic heterocycles. The van der Waals surface area contributed by atoms with E-state index in [-0.39, 0.29) is 23.8 Å². The standard InChI is InChI=1S/C27H42N8O3/c1-19(20(2)28)10-12-32(5)18-21-6-8-22(9-7-21)35-13-11-23(31-26(35)38)30-25(37)34-16-14-33(15-17-34)24(36)27(3,4)29/h6-9,11,13,19-20H,10,12,14-18,28-29H2,1-5H3,(H,30,31,37,38). The summed E-state index contributed by atoms with van der Waals surface area (Å²) in [7, 11) is 2.09. The average molecular weight is 527 g/mol. The van der Waals surface area contributed by atoms with Crippen molar-refractivity contribution in [2.75, 3.05) is 45.1 Å². The van der Waals surface area contributed by atoms with Gasteiger partial charge in [-0.2, -0.15) is 4.98 Å². The van der Waals surface area contributed by atoms with E-state index in [0.717, 1.165) is 25.1 Å². The van der Waals surface area contributed by atoms with Crippen molar-refractivity contribution in [1.29, 1.82) is 0 Å². The second kappa shape index (κ2) is 12.5. The van der Waals surface area contributed by atoms with Crippen LogP contribution >= 0.6 is 0 Å². The quantitative estimate of drug-likeness (QED) is 0.449. The van der Waals surface area contributed by atoms with Gasteiger partial charge in [0.2, 0.25) is 5.91 Å². The van der Waals surface area contributed by atoms with E-state index in [9.17, 15) is 14.4 Å². The molecule has 11 nitrogen and oxygen atoms in total. The zero-order valence-electron chi connectivity index (χ0n) is 23.2. The molecule has 1 aliphatic rings. The number of carbonyl (C=O) groups is 2. The lowest BCUT2D eigenvalue weighted by Crippen LogP contribution is -2.58. The van der Waals surface area contributed by atoms with Crippen LogP contribution in [0.1, 0.15) is 39.7 Å². The number of anilines is 1. The van der Waals surface area contributed by atoms with Crippen LogP contribution in [0, 0.1) is 5.92 Å². The Morgan fingerprint density at radius 3 is 2.24 bits per heavy atom. The molecule has 2 heterocycles. The molecule has 0 spiro atoms. The molecule has 2 atom stereocenters. The summed E-state index contributed by atoms with van der Waals surface area (Å²) in [4.78, 5) is 47.3. The van der Waals surface area contributed by atoms with Crippen LogP contribution in [0.4, 0.5) is 10.6 Å². The number of rotatable bonds is 9. The maximum absolute atomic E-state index is 12.7. The monoisotopic (exact) mass is 526 g/mol. The zero-order chi connectivity index (χ0) is 28.0.